The van der Waals surface area contributed by atoms with Gasteiger partial charge in [0.05, 0.1) is 0 Å². The van der Waals surface area contributed by atoms with E-state index in [-0.39, 0.29) is 5.75 Å². The highest BCUT2D eigenvalue weighted by Gasteiger charge is 1.97. The molecule has 0 aliphatic heterocycles. The molecule has 0 radical (unpaired) electrons. The number of rotatable bonds is 1. The van der Waals surface area contributed by atoms with Gasteiger partial charge in [0, 0.05) is 15.0 Å². The Morgan fingerprint density at radius 1 is 1.50 bits per heavy atom. The summed E-state index contributed by atoms with van der Waals surface area (Å²) in [4.78, 5) is 0. The van der Waals surface area contributed by atoms with E-state index >= 15 is 0 Å². The van der Waals surface area contributed by atoms with Crippen molar-refractivity contribution < 1.29 is 5.11 Å². The number of benzene rings is 1. The zero-order valence-electron chi connectivity index (χ0n) is 5.14. The lowest BCUT2D eigenvalue weighted by Crippen LogP contribution is -1.77. The normalized spacial score (nSPS) is 9.80. The first-order chi connectivity index (χ1) is 4.74. The summed E-state index contributed by atoms with van der Waals surface area (Å²) in [6.45, 7) is 0. The van der Waals surface area contributed by atoms with Crippen molar-refractivity contribution in [3.8, 4) is 5.75 Å². The van der Waals surface area contributed by atoms with Crippen molar-refractivity contribution in [3.05, 3.63) is 28.8 Å². The van der Waals surface area contributed by atoms with Gasteiger partial charge in [-0.15, -0.1) is 0 Å². The maximum Gasteiger partial charge on any atom is 0.121 e. The lowest BCUT2D eigenvalue weighted by molar-refractivity contribution is 0.471. The first-order valence-corrected chi connectivity index (χ1v) is 4.67. The average Bonchev–Trinajstić information content (AvgIpc) is 1.88. The van der Waals surface area contributed by atoms with Crippen LogP contribution in [0.3, 0.4) is 0 Å². The van der Waals surface area contributed by atoms with E-state index in [1.165, 1.54) is 0 Å². The number of phenolic OH excluding ortho intramolecular Hbond substituents is 1. The zero-order valence-corrected chi connectivity index (χ0v) is 8.06. The summed E-state index contributed by atoms with van der Waals surface area (Å²) in [5.41, 5.74) is 0.921. The third-order valence-corrected chi connectivity index (χ3v) is 2.25. The van der Waals surface area contributed by atoms with Crippen LogP contribution >= 0.6 is 34.2 Å². The highest BCUT2D eigenvalue weighted by Crippen LogP contribution is 2.23. The van der Waals surface area contributed by atoms with Crippen molar-refractivity contribution in [3.63, 3.8) is 0 Å². The Labute approximate surface area is 78.2 Å². The van der Waals surface area contributed by atoms with Crippen molar-refractivity contribution in [2.45, 2.75) is 4.43 Å². The molecule has 0 saturated heterocycles. The van der Waals surface area contributed by atoms with Crippen molar-refractivity contribution in [2.75, 3.05) is 0 Å². The van der Waals surface area contributed by atoms with Crippen LogP contribution < -0.4 is 0 Å². The summed E-state index contributed by atoms with van der Waals surface area (Å²) in [5, 5.41) is 9.78. The second-order valence-electron chi connectivity index (χ2n) is 1.91. The molecule has 0 heterocycles. The van der Waals surface area contributed by atoms with Crippen LogP contribution in [0.5, 0.6) is 5.75 Å². The Morgan fingerprint density at radius 2 is 2.20 bits per heavy atom. The Morgan fingerprint density at radius 3 is 2.70 bits per heavy atom. The number of hydrogen-bond donors (Lipinski definition) is 1. The van der Waals surface area contributed by atoms with Crippen LogP contribution in [0.15, 0.2) is 18.2 Å². The standard InChI is InChI=1S/C7H6ClIO/c8-6-2-1-5(4-9)7(10)3-6/h1-3,10H,4H2. The molecule has 0 aliphatic rings. The van der Waals surface area contributed by atoms with Gasteiger partial charge in [-0.25, -0.2) is 0 Å². The number of aromatic hydroxyl groups is 1. The molecule has 0 aliphatic carbocycles. The summed E-state index contributed by atoms with van der Waals surface area (Å²) in [5.74, 6) is 0.280. The molecule has 0 atom stereocenters. The molecule has 0 unspecified atom stereocenters. The van der Waals surface area contributed by atoms with Crippen LogP contribution in [0.4, 0.5) is 0 Å². The maximum atomic E-state index is 9.20. The number of phenols is 1. The molecule has 0 fully saturated rings. The number of halogens is 2. The average molecular weight is 268 g/mol. The predicted octanol–water partition coefficient (Wildman–Crippen LogP) is 2.98. The van der Waals surface area contributed by atoms with Gasteiger partial charge in [0.25, 0.3) is 0 Å². The van der Waals surface area contributed by atoms with Gasteiger partial charge in [-0.05, 0) is 12.1 Å². The molecular formula is C7H6ClIO. The summed E-state index contributed by atoms with van der Waals surface area (Å²) in [6, 6.07) is 5.15. The fraction of sp³-hybridized carbons (Fsp3) is 0.143. The van der Waals surface area contributed by atoms with E-state index in [0.29, 0.717) is 5.02 Å². The van der Waals surface area contributed by atoms with Crippen molar-refractivity contribution in [1.82, 2.24) is 0 Å². The van der Waals surface area contributed by atoms with Gasteiger partial charge < -0.3 is 5.11 Å². The molecule has 10 heavy (non-hydrogen) atoms. The van der Waals surface area contributed by atoms with Crippen LogP contribution in [0, 0.1) is 0 Å². The first kappa shape index (κ1) is 8.14. The molecule has 0 spiro atoms. The summed E-state index contributed by atoms with van der Waals surface area (Å²) in [6.07, 6.45) is 0. The van der Waals surface area contributed by atoms with Gasteiger partial charge in [-0.1, -0.05) is 40.3 Å². The molecule has 1 N–H and O–H groups in total. The van der Waals surface area contributed by atoms with Crippen LogP contribution in [0.1, 0.15) is 5.56 Å². The summed E-state index contributed by atoms with van der Waals surface area (Å²) < 4.78 is 0.806. The lowest BCUT2D eigenvalue weighted by Gasteiger charge is -1.98. The fourth-order valence-corrected chi connectivity index (χ4v) is 1.46. The van der Waals surface area contributed by atoms with Crippen molar-refractivity contribution >= 4 is 34.2 Å². The van der Waals surface area contributed by atoms with Gasteiger partial charge >= 0.3 is 0 Å². The molecule has 3 heteroatoms. The topological polar surface area (TPSA) is 20.2 Å². The minimum absolute atomic E-state index is 0.280. The van der Waals surface area contributed by atoms with Crippen LogP contribution in [0.2, 0.25) is 5.02 Å². The van der Waals surface area contributed by atoms with E-state index in [4.69, 9.17) is 11.6 Å². The summed E-state index contributed by atoms with van der Waals surface area (Å²) in [7, 11) is 0. The minimum Gasteiger partial charge on any atom is -0.508 e. The molecule has 1 aromatic carbocycles. The molecule has 1 rings (SSSR count). The molecule has 54 valence electrons. The van der Waals surface area contributed by atoms with E-state index in [1.54, 1.807) is 12.1 Å². The Bertz CT molecular complexity index is 237. The zero-order chi connectivity index (χ0) is 7.56. The quantitative estimate of drug-likeness (QED) is 0.613. The second kappa shape index (κ2) is 3.44. The van der Waals surface area contributed by atoms with E-state index in [9.17, 15) is 5.11 Å². The van der Waals surface area contributed by atoms with E-state index in [0.717, 1.165) is 9.99 Å². The number of hydrogen-bond acceptors (Lipinski definition) is 1. The molecule has 0 bridgehead atoms. The van der Waals surface area contributed by atoms with Gasteiger partial charge in [-0.2, -0.15) is 0 Å². The largest absolute Gasteiger partial charge is 0.508 e. The predicted molar refractivity (Wildman–Crippen MR) is 50.8 cm³/mol. The van der Waals surface area contributed by atoms with Gasteiger partial charge in [0.2, 0.25) is 0 Å². The molecule has 0 aromatic heterocycles. The van der Waals surface area contributed by atoms with E-state index < -0.39 is 0 Å². The van der Waals surface area contributed by atoms with Crippen LogP contribution in [0.25, 0.3) is 0 Å². The lowest BCUT2D eigenvalue weighted by atomic mass is 10.2. The third-order valence-electron chi connectivity index (χ3n) is 1.19. The molecule has 1 nitrogen and oxygen atoms in total. The molecular weight excluding hydrogens is 262 g/mol. The highest BCUT2D eigenvalue weighted by molar-refractivity contribution is 14.1. The van der Waals surface area contributed by atoms with Gasteiger partial charge in [-0.3, -0.25) is 0 Å². The first-order valence-electron chi connectivity index (χ1n) is 2.77. The second-order valence-corrected chi connectivity index (χ2v) is 3.11. The summed E-state index contributed by atoms with van der Waals surface area (Å²) >= 11 is 7.80. The highest BCUT2D eigenvalue weighted by atomic mass is 127. The fourth-order valence-electron chi connectivity index (χ4n) is 0.650. The molecule has 0 amide bonds. The molecule has 1 aromatic rings. The Hall–Kier alpha value is 0.0400. The smallest absolute Gasteiger partial charge is 0.121 e. The third kappa shape index (κ3) is 1.76. The SMILES string of the molecule is Oc1cc(Cl)ccc1CI. The van der Waals surface area contributed by atoms with Crippen LogP contribution in [-0.4, -0.2) is 5.11 Å². The van der Waals surface area contributed by atoms with Gasteiger partial charge in [0.1, 0.15) is 5.75 Å². The Kier molecular flexibility index (Phi) is 2.80. The van der Waals surface area contributed by atoms with Crippen LogP contribution in [-0.2, 0) is 4.43 Å². The van der Waals surface area contributed by atoms with Gasteiger partial charge in [0.15, 0.2) is 0 Å². The number of alkyl halides is 1. The van der Waals surface area contributed by atoms with E-state index in [2.05, 4.69) is 22.6 Å². The molecule has 0 saturated carbocycles. The monoisotopic (exact) mass is 268 g/mol. The Balaban J connectivity index is 3.07. The van der Waals surface area contributed by atoms with Crippen molar-refractivity contribution in [1.29, 1.82) is 0 Å². The van der Waals surface area contributed by atoms with Crippen molar-refractivity contribution in [2.24, 2.45) is 0 Å². The minimum atomic E-state index is 0.280. The maximum absolute atomic E-state index is 9.20. The van der Waals surface area contributed by atoms with E-state index in [1.807, 2.05) is 6.07 Å².